The lowest BCUT2D eigenvalue weighted by Crippen LogP contribution is -2.34. The van der Waals surface area contributed by atoms with Crippen LogP contribution in [-0.4, -0.2) is 34.6 Å². The fourth-order valence-electron chi connectivity index (χ4n) is 3.99. The normalized spacial score (nSPS) is 11.0. The molecular weight excluding hydrogens is 488 g/mol. The SMILES string of the molecule is S=C(S)N(CCP(c1ccccc1)c1ccccc1)CCP(c1ccccc1)c1ccccc1. The third kappa shape index (κ3) is 7.00. The molecule has 0 unspecified atom stereocenters. The monoisotopic (exact) mass is 517 g/mol. The van der Waals surface area contributed by atoms with Gasteiger partial charge in [-0.25, -0.2) is 0 Å². The molecule has 0 aromatic heterocycles. The first-order valence-corrected chi connectivity index (χ1v) is 15.4. The van der Waals surface area contributed by atoms with E-state index in [2.05, 4.69) is 139 Å². The topological polar surface area (TPSA) is 3.24 Å². The highest BCUT2D eigenvalue weighted by atomic mass is 32.1. The highest BCUT2D eigenvalue weighted by Crippen LogP contribution is 2.35. The summed E-state index contributed by atoms with van der Waals surface area (Å²) in [7, 11) is -0.904. The van der Waals surface area contributed by atoms with Crippen molar-refractivity contribution < 1.29 is 0 Å². The lowest BCUT2D eigenvalue weighted by molar-refractivity contribution is 0.489. The van der Waals surface area contributed by atoms with E-state index in [1.54, 1.807) is 0 Å². The first kappa shape index (κ1) is 25.1. The van der Waals surface area contributed by atoms with Gasteiger partial charge >= 0.3 is 0 Å². The largest absolute Gasteiger partial charge is 0.357 e. The second kappa shape index (κ2) is 13.2. The first-order valence-electron chi connectivity index (χ1n) is 11.5. The second-order valence-corrected chi connectivity index (χ2v) is 13.7. The molecule has 4 rings (SSSR count). The molecule has 4 aromatic carbocycles. The zero-order valence-corrected chi connectivity index (χ0v) is 22.6. The summed E-state index contributed by atoms with van der Waals surface area (Å²) < 4.78 is 0.687. The molecule has 0 aliphatic carbocycles. The maximum absolute atomic E-state index is 5.59. The molecule has 34 heavy (non-hydrogen) atoms. The summed E-state index contributed by atoms with van der Waals surface area (Å²) in [5, 5.41) is 5.63. The average Bonchev–Trinajstić information content (AvgIpc) is 2.90. The van der Waals surface area contributed by atoms with Crippen molar-refractivity contribution in [3.8, 4) is 0 Å². The van der Waals surface area contributed by atoms with E-state index >= 15 is 0 Å². The van der Waals surface area contributed by atoms with Crippen LogP contribution in [-0.2, 0) is 0 Å². The van der Waals surface area contributed by atoms with E-state index < -0.39 is 15.8 Å². The third-order valence-corrected chi connectivity index (χ3v) is 11.3. The summed E-state index contributed by atoms with van der Waals surface area (Å²) in [5.41, 5.74) is 0. The molecule has 172 valence electrons. The van der Waals surface area contributed by atoms with Gasteiger partial charge in [0, 0.05) is 13.1 Å². The van der Waals surface area contributed by atoms with E-state index in [1.807, 2.05) is 0 Å². The molecular formula is C29H29NP2S2. The van der Waals surface area contributed by atoms with Gasteiger partial charge in [0.25, 0.3) is 0 Å². The lowest BCUT2D eigenvalue weighted by atomic mass is 10.4. The Labute approximate surface area is 217 Å². The van der Waals surface area contributed by atoms with Crippen LogP contribution in [0.1, 0.15) is 0 Å². The summed E-state index contributed by atoms with van der Waals surface area (Å²) >= 11 is 10.2. The van der Waals surface area contributed by atoms with Crippen molar-refractivity contribution in [3.63, 3.8) is 0 Å². The number of benzene rings is 4. The van der Waals surface area contributed by atoms with Crippen LogP contribution in [0.2, 0.25) is 0 Å². The number of rotatable bonds is 10. The smallest absolute Gasteiger partial charge is 0.133 e. The molecule has 0 saturated heterocycles. The van der Waals surface area contributed by atoms with E-state index in [4.69, 9.17) is 12.2 Å². The number of thiocarbonyl (C=S) groups is 1. The summed E-state index contributed by atoms with van der Waals surface area (Å²) in [6.45, 7) is 1.81. The van der Waals surface area contributed by atoms with E-state index in [0.29, 0.717) is 4.32 Å². The Morgan fingerprint density at radius 2 is 0.794 bits per heavy atom. The zero-order valence-electron chi connectivity index (χ0n) is 19.1. The third-order valence-electron chi connectivity index (χ3n) is 5.73. The molecule has 0 fully saturated rings. The van der Waals surface area contributed by atoms with E-state index in [1.165, 1.54) is 21.2 Å². The maximum atomic E-state index is 5.59. The van der Waals surface area contributed by atoms with Gasteiger partial charge in [-0.05, 0) is 49.4 Å². The molecule has 0 spiro atoms. The Kier molecular flexibility index (Phi) is 9.72. The van der Waals surface area contributed by atoms with Crippen LogP contribution in [0, 0.1) is 0 Å². The van der Waals surface area contributed by atoms with Crippen LogP contribution < -0.4 is 21.2 Å². The summed E-state index contributed by atoms with van der Waals surface area (Å²) in [5.74, 6) is 0. The van der Waals surface area contributed by atoms with Crippen molar-refractivity contribution in [1.29, 1.82) is 0 Å². The Morgan fingerprint density at radius 3 is 1.03 bits per heavy atom. The lowest BCUT2D eigenvalue weighted by Gasteiger charge is -2.28. The first-order chi connectivity index (χ1) is 16.7. The Morgan fingerprint density at radius 1 is 0.529 bits per heavy atom. The van der Waals surface area contributed by atoms with Crippen molar-refractivity contribution in [1.82, 2.24) is 4.90 Å². The number of nitrogens with zero attached hydrogens (tertiary/aromatic N) is 1. The van der Waals surface area contributed by atoms with Crippen molar-refractivity contribution >= 4 is 66.2 Å². The average molecular weight is 518 g/mol. The fraction of sp³-hybridized carbons (Fsp3) is 0.138. The van der Waals surface area contributed by atoms with E-state index in [9.17, 15) is 0 Å². The van der Waals surface area contributed by atoms with Crippen LogP contribution in [0.15, 0.2) is 121 Å². The molecule has 5 heteroatoms. The van der Waals surface area contributed by atoms with Gasteiger partial charge in [0.2, 0.25) is 0 Å². The van der Waals surface area contributed by atoms with E-state index in [-0.39, 0.29) is 0 Å². The molecule has 0 heterocycles. The molecule has 0 atom stereocenters. The molecule has 0 amide bonds. The number of hydrogen-bond acceptors (Lipinski definition) is 1. The molecule has 0 saturated carbocycles. The van der Waals surface area contributed by atoms with E-state index in [0.717, 1.165) is 25.4 Å². The van der Waals surface area contributed by atoms with Gasteiger partial charge in [-0.3, -0.25) is 0 Å². The van der Waals surface area contributed by atoms with Gasteiger partial charge in [0.1, 0.15) is 4.32 Å². The van der Waals surface area contributed by atoms with Crippen molar-refractivity contribution in [2.45, 2.75) is 0 Å². The Bertz CT molecular complexity index is 976. The minimum atomic E-state index is -0.452. The molecule has 1 nitrogen and oxygen atoms in total. The molecule has 4 aromatic rings. The van der Waals surface area contributed by atoms with Crippen LogP contribution in [0.4, 0.5) is 0 Å². The van der Waals surface area contributed by atoms with Gasteiger partial charge in [0.15, 0.2) is 0 Å². The summed E-state index contributed by atoms with van der Waals surface area (Å²) in [6.07, 6.45) is 2.11. The van der Waals surface area contributed by atoms with Gasteiger partial charge in [-0.1, -0.05) is 134 Å². The van der Waals surface area contributed by atoms with Gasteiger partial charge in [-0.2, -0.15) is 0 Å². The number of hydrogen-bond donors (Lipinski definition) is 1. The zero-order chi connectivity index (χ0) is 23.6. The second-order valence-electron chi connectivity index (χ2n) is 7.92. The molecule has 0 aliphatic heterocycles. The van der Waals surface area contributed by atoms with Gasteiger partial charge in [-0.15, -0.1) is 12.6 Å². The fourth-order valence-corrected chi connectivity index (χ4v) is 9.01. The minimum absolute atomic E-state index is 0.452. The van der Waals surface area contributed by atoms with Crippen molar-refractivity contribution in [2.24, 2.45) is 0 Å². The minimum Gasteiger partial charge on any atom is -0.357 e. The molecule has 0 radical (unpaired) electrons. The van der Waals surface area contributed by atoms with Crippen molar-refractivity contribution in [2.75, 3.05) is 25.4 Å². The molecule has 0 aliphatic rings. The quantitative estimate of drug-likeness (QED) is 0.162. The predicted molar refractivity (Wildman–Crippen MR) is 161 cm³/mol. The van der Waals surface area contributed by atoms with Crippen molar-refractivity contribution in [3.05, 3.63) is 121 Å². The standard InChI is InChI=1S/C29H29NP2S2/c33-29(34)30(21-23-31(25-13-5-1-6-14-25)26-15-7-2-8-16-26)22-24-32(27-17-9-3-10-18-27)28-19-11-4-12-20-28/h1-20H,21-24H2,(H,33,34). The van der Waals surface area contributed by atoms with Crippen LogP contribution in [0.3, 0.4) is 0 Å². The molecule has 0 bridgehead atoms. The highest BCUT2D eigenvalue weighted by molar-refractivity contribution is 8.10. The molecule has 0 N–H and O–H groups in total. The summed E-state index contributed by atoms with van der Waals surface area (Å²) in [6, 6.07) is 43.5. The van der Waals surface area contributed by atoms with Gasteiger partial charge in [0.05, 0.1) is 0 Å². The van der Waals surface area contributed by atoms with Gasteiger partial charge < -0.3 is 4.90 Å². The Balaban J connectivity index is 1.50. The predicted octanol–water partition coefficient (Wildman–Crippen LogP) is 5.77. The van der Waals surface area contributed by atoms with Crippen LogP contribution >= 0.6 is 40.7 Å². The van der Waals surface area contributed by atoms with Crippen LogP contribution in [0.25, 0.3) is 0 Å². The highest BCUT2D eigenvalue weighted by Gasteiger charge is 2.19. The van der Waals surface area contributed by atoms with Crippen LogP contribution in [0.5, 0.6) is 0 Å². The summed E-state index contributed by atoms with van der Waals surface area (Å²) in [4.78, 5) is 2.29. The maximum Gasteiger partial charge on any atom is 0.133 e. The Hall–Kier alpha value is -2.02. The number of thiol groups is 1.